The number of likely N-dealkylation sites (tertiary alicyclic amines) is 1. The van der Waals surface area contributed by atoms with E-state index >= 15 is 0 Å². The molecule has 1 aliphatic rings. The van der Waals surface area contributed by atoms with Crippen LogP contribution in [0, 0.1) is 0 Å². The first-order valence-corrected chi connectivity index (χ1v) is 8.56. The van der Waals surface area contributed by atoms with Gasteiger partial charge in [0.05, 0.1) is 0 Å². The highest BCUT2D eigenvalue weighted by molar-refractivity contribution is 5.84. The molecule has 1 aromatic heterocycles. The molecule has 0 aliphatic carbocycles. The number of amides is 1. The Morgan fingerprint density at radius 3 is 2.83 bits per heavy atom. The predicted molar refractivity (Wildman–Crippen MR) is 91.5 cm³/mol. The first-order chi connectivity index (χ1) is 11.3. The largest absolute Gasteiger partial charge is 0.488 e. The lowest BCUT2D eigenvalue weighted by atomic mass is 10.1. The minimum atomic E-state index is 0.165. The second-order valence-electron chi connectivity index (χ2n) is 6.13. The topological polar surface area (TPSA) is 42.4 Å². The van der Waals surface area contributed by atoms with Crippen LogP contribution < -0.4 is 4.74 Å². The Morgan fingerprint density at radius 1 is 1.26 bits per heavy atom. The van der Waals surface area contributed by atoms with E-state index in [9.17, 15) is 4.79 Å². The molecule has 0 atom stereocenters. The first kappa shape index (κ1) is 15.8. The smallest absolute Gasteiger partial charge is 0.222 e. The molecule has 3 rings (SSSR count). The fourth-order valence-corrected chi connectivity index (χ4v) is 3.06. The number of hydrogen-bond acceptors (Lipinski definition) is 3. The summed E-state index contributed by atoms with van der Waals surface area (Å²) in [5, 5.41) is 1.09. The average molecular weight is 312 g/mol. The van der Waals surface area contributed by atoms with E-state index in [1.807, 2.05) is 35.2 Å². The Bertz CT molecular complexity index is 658. The van der Waals surface area contributed by atoms with Crippen LogP contribution in [-0.4, -0.2) is 35.0 Å². The maximum absolute atomic E-state index is 12.1. The average Bonchev–Trinajstić information content (AvgIpc) is 2.60. The maximum Gasteiger partial charge on any atom is 0.222 e. The normalized spacial score (nSPS) is 15.8. The van der Waals surface area contributed by atoms with Gasteiger partial charge in [0.15, 0.2) is 0 Å². The van der Waals surface area contributed by atoms with Crippen LogP contribution in [0.1, 0.15) is 39.0 Å². The van der Waals surface area contributed by atoms with Crippen LogP contribution in [0.4, 0.5) is 0 Å². The number of para-hydroxylation sites is 1. The summed E-state index contributed by atoms with van der Waals surface area (Å²) in [5.74, 6) is 1.14. The molecule has 1 aliphatic heterocycles. The van der Waals surface area contributed by atoms with Gasteiger partial charge < -0.3 is 9.64 Å². The molecule has 1 saturated heterocycles. The van der Waals surface area contributed by atoms with Gasteiger partial charge in [-0.15, -0.1) is 0 Å². The van der Waals surface area contributed by atoms with E-state index in [1.165, 1.54) is 0 Å². The summed E-state index contributed by atoms with van der Waals surface area (Å²) in [4.78, 5) is 18.5. The molecule has 2 aromatic rings. The van der Waals surface area contributed by atoms with Crippen molar-refractivity contribution in [3.05, 3.63) is 36.5 Å². The second-order valence-corrected chi connectivity index (χ2v) is 6.13. The van der Waals surface area contributed by atoms with E-state index < -0.39 is 0 Å². The lowest BCUT2D eigenvalue weighted by molar-refractivity contribution is -0.133. The van der Waals surface area contributed by atoms with Crippen LogP contribution >= 0.6 is 0 Å². The predicted octanol–water partition coefficient (Wildman–Crippen LogP) is 3.79. The van der Waals surface area contributed by atoms with E-state index in [1.54, 1.807) is 6.20 Å². The molecule has 0 N–H and O–H groups in total. The lowest BCUT2D eigenvalue weighted by Crippen LogP contribution is -2.41. The summed E-state index contributed by atoms with van der Waals surface area (Å²) in [6.45, 7) is 3.71. The van der Waals surface area contributed by atoms with Crippen molar-refractivity contribution in [2.24, 2.45) is 0 Å². The Balaban J connectivity index is 1.59. The molecule has 4 heteroatoms. The fraction of sp³-hybridized carbons (Fsp3) is 0.474. The van der Waals surface area contributed by atoms with Gasteiger partial charge >= 0.3 is 0 Å². The van der Waals surface area contributed by atoms with E-state index in [4.69, 9.17) is 4.74 Å². The van der Waals surface area contributed by atoms with E-state index in [0.29, 0.717) is 6.42 Å². The van der Waals surface area contributed by atoms with Gasteiger partial charge in [-0.1, -0.05) is 31.5 Å². The minimum Gasteiger partial charge on any atom is -0.488 e. The third kappa shape index (κ3) is 3.81. The van der Waals surface area contributed by atoms with Crippen molar-refractivity contribution in [2.45, 2.75) is 45.1 Å². The van der Waals surface area contributed by atoms with Crippen molar-refractivity contribution in [3.63, 3.8) is 0 Å². The Kier molecular flexibility index (Phi) is 5.11. The van der Waals surface area contributed by atoms with Crippen LogP contribution in [0.2, 0.25) is 0 Å². The van der Waals surface area contributed by atoms with Crippen LogP contribution in [0.5, 0.6) is 5.75 Å². The van der Waals surface area contributed by atoms with Crippen molar-refractivity contribution in [1.82, 2.24) is 9.88 Å². The zero-order chi connectivity index (χ0) is 16.1. The van der Waals surface area contributed by atoms with Gasteiger partial charge in [0.25, 0.3) is 0 Å². The summed E-state index contributed by atoms with van der Waals surface area (Å²) in [6.07, 6.45) is 6.47. The molecule has 4 nitrogen and oxygen atoms in total. The summed E-state index contributed by atoms with van der Waals surface area (Å²) in [6, 6.07) is 10.0. The number of carbonyl (C=O) groups excluding carboxylic acids is 1. The molecule has 1 fully saturated rings. The summed E-state index contributed by atoms with van der Waals surface area (Å²) in [5.41, 5.74) is 0.913. The molecule has 2 heterocycles. The van der Waals surface area contributed by atoms with Crippen LogP contribution in [0.3, 0.4) is 0 Å². The van der Waals surface area contributed by atoms with Crippen molar-refractivity contribution in [1.29, 1.82) is 0 Å². The number of benzene rings is 1. The third-order valence-electron chi connectivity index (χ3n) is 4.43. The van der Waals surface area contributed by atoms with Gasteiger partial charge in [-0.3, -0.25) is 9.78 Å². The Hall–Kier alpha value is -2.10. The van der Waals surface area contributed by atoms with Gasteiger partial charge in [-0.05, 0) is 18.6 Å². The van der Waals surface area contributed by atoms with E-state index in [2.05, 4.69) is 11.9 Å². The quantitative estimate of drug-likeness (QED) is 0.843. The molecular formula is C19H24N2O2. The molecule has 1 amide bonds. The third-order valence-corrected chi connectivity index (χ3v) is 4.43. The van der Waals surface area contributed by atoms with E-state index in [0.717, 1.165) is 55.4 Å². The van der Waals surface area contributed by atoms with Crippen LogP contribution in [-0.2, 0) is 4.79 Å². The fourth-order valence-electron chi connectivity index (χ4n) is 3.06. The highest BCUT2D eigenvalue weighted by Crippen LogP contribution is 2.26. The van der Waals surface area contributed by atoms with Crippen LogP contribution in [0.25, 0.3) is 10.9 Å². The number of rotatable bonds is 5. The molecule has 1 aromatic carbocycles. The molecule has 122 valence electrons. The number of unbranched alkanes of at least 4 members (excludes halogenated alkanes) is 1. The SMILES string of the molecule is CCCCC(=O)N1CCC(Oc2cccc3cccnc23)CC1. The summed E-state index contributed by atoms with van der Waals surface area (Å²) >= 11 is 0. The number of nitrogens with zero attached hydrogens (tertiary/aromatic N) is 2. The molecule has 0 radical (unpaired) electrons. The Labute approximate surface area is 137 Å². The standard InChI is InChI=1S/C19H24N2O2/c1-2-3-9-18(22)21-13-10-16(11-14-21)23-17-8-4-6-15-7-5-12-20-19(15)17/h4-8,12,16H,2-3,9-11,13-14H2,1H3. The summed E-state index contributed by atoms with van der Waals surface area (Å²) in [7, 11) is 0. The molecule has 23 heavy (non-hydrogen) atoms. The van der Waals surface area contributed by atoms with Crippen molar-refractivity contribution in [2.75, 3.05) is 13.1 Å². The Morgan fingerprint density at radius 2 is 2.04 bits per heavy atom. The molecule has 0 saturated carbocycles. The van der Waals surface area contributed by atoms with Crippen LogP contribution in [0.15, 0.2) is 36.5 Å². The van der Waals surface area contributed by atoms with Gasteiger partial charge in [0.1, 0.15) is 17.4 Å². The van der Waals surface area contributed by atoms with Crippen molar-refractivity contribution >= 4 is 16.8 Å². The van der Waals surface area contributed by atoms with Gasteiger partial charge in [0.2, 0.25) is 5.91 Å². The zero-order valence-corrected chi connectivity index (χ0v) is 13.7. The number of aromatic nitrogens is 1. The molecule has 0 bridgehead atoms. The molecular weight excluding hydrogens is 288 g/mol. The monoisotopic (exact) mass is 312 g/mol. The van der Waals surface area contributed by atoms with Gasteiger partial charge in [0, 0.05) is 43.9 Å². The van der Waals surface area contributed by atoms with E-state index in [-0.39, 0.29) is 12.0 Å². The lowest BCUT2D eigenvalue weighted by Gasteiger charge is -2.32. The highest BCUT2D eigenvalue weighted by atomic mass is 16.5. The molecule has 0 unspecified atom stereocenters. The van der Waals surface area contributed by atoms with Crippen molar-refractivity contribution < 1.29 is 9.53 Å². The molecule has 0 spiro atoms. The number of carbonyl (C=O) groups is 1. The maximum atomic E-state index is 12.1. The van der Waals surface area contributed by atoms with Gasteiger partial charge in [-0.25, -0.2) is 0 Å². The number of pyridine rings is 1. The number of hydrogen-bond donors (Lipinski definition) is 0. The number of piperidine rings is 1. The minimum absolute atomic E-state index is 0.165. The van der Waals surface area contributed by atoms with Gasteiger partial charge in [-0.2, -0.15) is 0 Å². The zero-order valence-electron chi connectivity index (χ0n) is 13.7. The first-order valence-electron chi connectivity index (χ1n) is 8.56. The highest BCUT2D eigenvalue weighted by Gasteiger charge is 2.24. The summed E-state index contributed by atoms with van der Waals surface area (Å²) < 4.78 is 6.18. The number of fused-ring (bicyclic) bond motifs is 1. The number of ether oxygens (including phenoxy) is 1. The second kappa shape index (κ2) is 7.44. The van der Waals surface area contributed by atoms with Crippen molar-refractivity contribution in [3.8, 4) is 5.75 Å².